The van der Waals surface area contributed by atoms with Crippen LogP contribution in [0.3, 0.4) is 0 Å². The highest BCUT2D eigenvalue weighted by molar-refractivity contribution is 5.85. The quantitative estimate of drug-likeness (QED) is 0.637. The van der Waals surface area contributed by atoms with E-state index < -0.39 is 0 Å². The molecule has 1 heterocycles. The van der Waals surface area contributed by atoms with Crippen LogP contribution in [0.2, 0.25) is 0 Å². The molecule has 0 aliphatic rings. The van der Waals surface area contributed by atoms with E-state index >= 15 is 0 Å². The minimum atomic E-state index is -0.107. The highest BCUT2D eigenvalue weighted by Gasteiger charge is 2.20. The molecule has 0 saturated heterocycles. The second-order valence-electron chi connectivity index (χ2n) is 3.92. The van der Waals surface area contributed by atoms with E-state index in [1.165, 1.54) is 12.5 Å². The molecule has 1 aromatic heterocycles. The first-order valence-electron chi connectivity index (χ1n) is 4.08. The van der Waals surface area contributed by atoms with Crippen LogP contribution < -0.4 is 5.73 Å². The summed E-state index contributed by atoms with van der Waals surface area (Å²) >= 11 is 0. The standard InChI is InChI=1S/C9H14N4/c1-9(2,3)7-6(4-10)8(11)13-5-12-7/h4-5,10H,1-3H3,(H2,11,12,13). The van der Waals surface area contributed by atoms with Crippen molar-refractivity contribution >= 4 is 12.0 Å². The normalized spacial score (nSPS) is 11.3. The molecule has 0 atom stereocenters. The fourth-order valence-corrected chi connectivity index (χ4v) is 1.15. The van der Waals surface area contributed by atoms with Crippen LogP contribution in [0.4, 0.5) is 5.82 Å². The second kappa shape index (κ2) is 3.12. The predicted octanol–water partition coefficient (Wildman–Crippen LogP) is 1.35. The fourth-order valence-electron chi connectivity index (χ4n) is 1.15. The van der Waals surface area contributed by atoms with Crippen LogP contribution in [-0.4, -0.2) is 16.2 Å². The first-order chi connectivity index (χ1) is 5.96. The topological polar surface area (TPSA) is 75.7 Å². The van der Waals surface area contributed by atoms with Gasteiger partial charge < -0.3 is 11.1 Å². The molecule has 1 rings (SSSR count). The number of nitrogens with zero attached hydrogens (tertiary/aromatic N) is 2. The van der Waals surface area contributed by atoms with E-state index in [0.29, 0.717) is 11.4 Å². The van der Waals surface area contributed by atoms with Gasteiger partial charge in [-0.2, -0.15) is 0 Å². The molecule has 3 N–H and O–H groups in total. The molecule has 0 unspecified atom stereocenters. The van der Waals surface area contributed by atoms with Crippen LogP contribution in [0.25, 0.3) is 0 Å². The Morgan fingerprint density at radius 3 is 2.38 bits per heavy atom. The number of aromatic nitrogens is 2. The molecule has 0 fully saturated rings. The van der Waals surface area contributed by atoms with Crippen LogP contribution in [0, 0.1) is 5.41 Å². The van der Waals surface area contributed by atoms with Gasteiger partial charge in [-0.25, -0.2) is 9.97 Å². The zero-order valence-corrected chi connectivity index (χ0v) is 8.13. The minimum absolute atomic E-state index is 0.107. The summed E-state index contributed by atoms with van der Waals surface area (Å²) < 4.78 is 0. The number of nitrogens with one attached hydrogen (secondary N) is 1. The van der Waals surface area contributed by atoms with E-state index in [1.54, 1.807) is 0 Å². The third-order valence-corrected chi connectivity index (χ3v) is 1.77. The SMILES string of the molecule is CC(C)(C)c1ncnc(N)c1C=N. The molecule has 70 valence electrons. The summed E-state index contributed by atoms with van der Waals surface area (Å²) in [5, 5.41) is 7.22. The highest BCUT2D eigenvalue weighted by Crippen LogP contribution is 2.24. The van der Waals surface area contributed by atoms with Crippen molar-refractivity contribution in [2.24, 2.45) is 0 Å². The van der Waals surface area contributed by atoms with Gasteiger partial charge in [0.2, 0.25) is 0 Å². The molecule has 0 radical (unpaired) electrons. The van der Waals surface area contributed by atoms with Crippen molar-refractivity contribution in [3.8, 4) is 0 Å². The molecule has 0 bridgehead atoms. The third-order valence-electron chi connectivity index (χ3n) is 1.77. The summed E-state index contributed by atoms with van der Waals surface area (Å²) in [5.74, 6) is 0.370. The molecule has 0 spiro atoms. The second-order valence-corrected chi connectivity index (χ2v) is 3.92. The fraction of sp³-hybridized carbons (Fsp3) is 0.444. The van der Waals surface area contributed by atoms with E-state index in [1.807, 2.05) is 20.8 Å². The van der Waals surface area contributed by atoms with E-state index in [2.05, 4.69) is 9.97 Å². The Balaban J connectivity index is 3.37. The van der Waals surface area contributed by atoms with Gasteiger partial charge in [-0.15, -0.1) is 0 Å². The van der Waals surface area contributed by atoms with Crippen molar-refractivity contribution in [3.63, 3.8) is 0 Å². The van der Waals surface area contributed by atoms with Crippen LogP contribution in [0.5, 0.6) is 0 Å². The maximum absolute atomic E-state index is 7.22. The van der Waals surface area contributed by atoms with E-state index in [4.69, 9.17) is 11.1 Å². The molecule has 0 amide bonds. The van der Waals surface area contributed by atoms with Crippen LogP contribution in [-0.2, 0) is 5.41 Å². The summed E-state index contributed by atoms with van der Waals surface area (Å²) in [5.41, 5.74) is 6.95. The Bertz CT molecular complexity index is 325. The van der Waals surface area contributed by atoms with Crippen LogP contribution >= 0.6 is 0 Å². The number of rotatable bonds is 1. The number of anilines is 1. The van der Waals surface area contributed by atoms with Gasteiger partial charge in [0.1, 0.15) is 12.1 Å². The summed E-state index contributed by atoms with van der Waals surface area (Å²) in [7, 11) is 0. The molecule has 4 heteroatoms. The van der Waals surface area contributed by atoms with Gasteiger partial charge >= 0.3 is 0 Å². The first-order valence-corrected chi connectivity index (χ1v) is 4.08. The monoisotopic (exact) mass is 178 g/mol. The lowest BCUT2D eigenvalue weighted by Gasteiger charge is -2.19. The molecule has 4 nitrogen and oxygen atoms in total. The third kappa shape index (κ3) is 1.83. The Hall–Kier alpha value is -1.45. The van der Waals surface area contributed by atoms with Crippen molar-refractivity contribution in [1.82, 2.24) is 9.97 Å². The van der Waals surface area contributed by atoms with Gasteiger partial charge in [-0.3, -0.25) is 0 Å². The number of nitrogen functional groups attached to an aromatic ring is 1. The summed E-state index contributed by atoms with van der Waals surface area (Å²) in [6.45, 7) is 6.09. The summed E-state index contributed by atoms with van der Waals surface area (Å²) in [6, 6.07) is 0. The average Bonchev–Trinajstić information content (AvgIpc) is 2.02. The van der Waals surface area contributed by atoms with Gasteiger partial charge in [0.05, 0.1) is 11.3 Å². The Morgan fingerprint density at radius 1 is 1.38 bits per heavy atom. The number of hydrogen-bond donors (Lipinski definition) is 2. The number of hydrogen-bond acceptors (Lipinski definition) is 4. The number of nitrogens with two attached hydrogens (primary N) is 1. The molecule has 1 aromatic rings. The van der Waals surface area contributed by atoms with Crippen molar-refractivity contribution in [1.29, 1.82) is 5.41 Å². The van der Waals surface area contributed by atoms with Crippen molar-refractivity contribution in [3.05, 3.63) is 17.6 Å². The van der Waals surface area contributed by atoms with E-state index in [-0.39, 0.29) is 5.41 Å². The van der Waals surface area contributed by atoms with Crippen LogP contribution in [0.1, 0.15) is 32.0 Å². The Kier molecular flexibility index (Phi) is 2.32. The summed E-state index contributed by atoms with van der Waals surface area (Å²) in [4.78, 5) is 7.98. The van der Waals surface area contributed by atoms with Crippen molar-refractivity contribution < 1.29 is 0 Å². The zero-order chi connectivity index (χ0) is 10.1. The average molecular weight is 178 g/mol. The molecule has 0 aromatic carbocycles. The van der Waals surface area contributed by atoms with Gasteiger partial charge in [0.25, 0.3) is 0 Å². The molecule has 0 saturated carbocycles. The molecule has 13 heavy (non-hydrogen) atoms. The smallest absolute Gasteiger partial charge is 0.135 e. The molecule has 0 aliphatic carbocycles. The van der Waals surface area contributed by atoms with Gasteiger partial charge in [-0.1, -0.05) is 20.8 Å². The first kappa shape index (κ1) is 9.64. The molecular formula is C9H14N4. The Labute approximate surface area is 77.7 Å². The van der Waals surface area contributed by atoms with Crippen LogP contribution in [0.15, 0.2) is 6.33 Å². The lowest BCUT2D eigenvalue weighted by molar-refractivity contribution is 0.566. The highest BCUT2D eigenvalue weighted by atomic mass is 14.9. The van der Waals surface area contributed by atoms with E-state index in [0.717, 1.165) is 5.69 Å². The molecule has 0 aliphatic heterocycles. The van der Waals surface area contributed by atoms with Crippen molar-refractivity contribution in [2.45, 2.75) is 26.2 Å². The Morgan fingerprint density at radius 2 is 2.00 bits per heavy atom. The predicted molar refractivity (Wildman–Crippen MR) is 53.0 cm³/mol. The van der Waals surface area contributed by atoms with Gasteiger partial charge in [0.15, 0.2) is 0 Å². The summed E-state index contributed by atoms with van der Waals surface area (Å²) in [6.07, 6.45) is 2.64. The molecular weight excluding hydrogens is 164 g/mol. The zero-order valence-electron chi connectivity index (χ0n) is 8.13. The van der Waals surface area contributed by atoms with E-state index in [9.17, 15) is 0 Å². The van der Waals surface area contributed by atoms with Gasteiger partial charge in [-0.05, 0) is 0 Å². The lowest BCUT2D eigenvalue weighted by atomic mass is 9.89. The largest absolute Gasteiger partial charge is 0.383 e. The minimum Gasteiger partial charge on any atom is -0.383 e. The van der Waals surface area contributed by atoms with Crippen molar-refractivity contribution in [2.75, 3.05) is 5.73 Å². The van der Waals surface area contributed by atoms with Gasteiger partial charge in [0, 0.05) is 11.6 Å². The lowest BCUT2D eigenvalue weighted by Crippen LogP contribution is -2.18. The maximum Gasteiger partial charge on any atom is 0.135 e. The maximum atomic E-state index is 7.22.